The normalized spacial score (nSPS) is 12.2. The molecule has 0 saturated carbocycles. The van der Waals surface area contributed by atoms with Crippen molar-refractivity contribution in [3.05, 3.63) is 29.8 Å². The fourth-order valence-corrected chi connectivity index (χ4v) is 2.85. The van der Waals surface area contributed by atoms with Gasteiger partial charge in [0.25, 0.3) is 0 Å². The molecule has 0 heterocycles. The predicted octanol–water partition coefficient (Wildman–Crippen LogP) is 3.03. The Hall–Kier alpha value is -1.49. The summed E-state index contributed by atoms with van der Waals surface area (Å²) in [6.45, 7) is 6.07. The Morgan fingerprint density at radius 1 is 1.35 bits per heavy atom. The van der Waals surface area contributed by atoms with Crippen LogP contribution in [-0.2, 0) is 16.0 Å². The van der Waals surface area contributed by atoms with Crippen molar-refractivity contribution in [2.45, 2.75) is 32.4 Å². The Balaban J connectivity index is 2.76. The molecular formula is C15H21NO3S. The van der Waals surface area contributed by atoms with Crippen LogP contribution in [0, 0.1) is 5.92 Å². The predicted molar refractivity (Wildman–Crippen MR) is 83.2 cm³/mol. The topological polar surface area (TPSA) is 66.4 Å². The first kappa shape index (κ1) is 16.6. The van der Waals surface area contributed by atoms with E-state index >= 15 is 0 Å². The molecule has 0 aliphatic heterocycles. The van der Waals surface area contributed by atoms with Gasteiger partial charge < -0.3 is 10.4 Å². The third-order valence-electron chi connectivity index (χ3n) is 2.76. The Labute approximate surface area is 124 Å². The number of amides is 1. The molecule has 0 radical (unpaired) electrons. The van der Waals surface area contributed by atoms with E-state index in [1.165, 1.54) is 0 Å². The number of carboxylic acids is 1. The van der Waals surface area contributed by atoms with Crippen molar-refractivity contribution in [2.24, 2.45) is 5.92 Å². The molecule has 0 aliphatic carbocycles. The van der Waals surface area contributed by atoms with Crippen molar-refractivity contribution in [2.75, 3.05) is 11.1 Å². The van der Waals surface area contributed by atoms with Gasteiger partial charge in [0, 0.05) is 5.69 Å². The van der Waals surface area contributed by atoms with Crippen LogP contribution in [0.25, 0.3) is 0 Å². The zero-order valence-corrected chi connectivity index (χ0v) is 12.9. The number of carbonyl (C=O) groups is 2. The molecule has 0 saturated heterocycles. The fraction of sp³-hybridized carbons (Fsp3) is 0.467. The van der Waals surface area contributed by atoms with E-state index in [1.807, 2.05) is 20.8 Å². The van der Waals surface area contributed by atoms with Crippen LogP contribution in [0.2, 0.25) is 0 Å². The number of benzene rings is 1. The highest BCUT2D eigenvalue weighted by Crippen LogP contribution is 2.21. The lowest BCUT2D eigenvalue weighted by molar-refractivity contribution is -0.136. The van der Waals surface area contributed by atoms with Crippen molar-refractivity contribution in [3.8, 4) is 0 Å². The molecule has 1 aromatic carbocycles. The highest BCUT2D eigenvalue weighted by Gasteiger charge is 2.22. The molecule has 0 spiro atoms. The Kier molecular flexibility index (Phi) is 6.58. The Bertz CT molecular complexity index is 474. The van der Waals surface area contributed by atoms with Gasteiger partial charge in [0.15, 0.2) is 0 Å². The number of thioether (sulfide) groups is 1. The van der Waals surface area contributed by atoms with E-state index in [-0.39, 0.29) is 23.5 Å². The molecule has 1 aromatic rings. The monoisotopic (exact) mass is 295 g/mol. The van der Waals surface area contributed by atoms with E-state index in [0.717, 1.165) is 5.75 Å². The zero-order chi connectivity index (χ0) is 15.1. The lowest BCUT2D eigenvalue weighted by Gasteiger charge is -2.19. The molecule has 0 fully saturated rings. The van der Waals surface area contributed by atoms with Crippen LogP contribution in [-0.4, -0.2) is 28.0 Å². The molecule has 1 unspecified atom stereocenters. The van der Waals surface area contributed by atoms with Crippen LogP contribution in [0.4, 0.5) is 5.69 Å². The first-order chi connectivity index (χ1) is 9.43. The van der Waals surface area contributed by atoms with Crippen molar-refractivity contribution in [1.29, 1.82) is 0 Å². The van der Waals surface area contributed by atoms with E-state index in [9.17, 15) is 9.59 Å². The molecular weight excluding hydrogens is 274 g/mol. The average molecular weight is 295 g/mol. The fourth-order valence-electron chi connectivity index (χ4n) is 1.90. The minimum Gasteiger partial charge on any atom is -0.481 e. The number of hydrogen-bond donors (Lipinski definition) is 2. The molecule has 4 nitrogen and oxygen atoms in total. The summed E-state index contributed by atoms with van der Waals surface area (Å²) in [6, 6.07) is 6.98. The number of aliphatic carboxylic acids is 1. The molecule has 0 aliphatic rings. The van der Waals surface area contributed by atoms with Gasteiger partial charge in [0.2, 0.25) is 5.91 Å². The van der Waals surface area contributed by atoms with E-state index in [4.69, 9.17) is 5.11 Å². The second kappa shape index (κ2) is 7.94. The van der Waals surface area contributed by atoms with Crippen molar-refractivity contribution < 1.29 is 14.7 Å². The summed E-state index contributed by atoms with van der Waals surface area (Å²) >= 11 is 1.62. The summed E-state index contributed by atoms with van der Waals surface area (Å²) in [6.07, 6.45) is -0.0406. The minimum absolute atomic E-state index is 0.0284. The van der Waals surface area contributed by atoms with Crippen LogP contribution < -0.4 is 5.32 Å². The van der Waals surface area contributed by atoms with E-state index in [2.05, 4.69) is 5.32 Å². The molecule has 0 bridgehead atoms. The number of carboxylic acid groups (broad SMARTS) is 1. The highest BCUT2D eigenvalue weighted by molar-refractivity contribution is 8.00. The van der Waals surface area contributed by atoms with Gasteiger partial charge in [-0.05, 0) is 29.4 Å². The van der Waals surface area contributed by atoms with Crippen LogP contribution in [0.5, 0.6) is 0 Å². The van der Waals surface area contributed by atoms with Crippen LogP contribution >= 0.6 is 11.8 Å². The number of nitrogens with one attached hydrogen (secondary N) is 1. The summed E-state index contributed by atoms with van der Waals surface area (Å²) < 4.78 is 0. The van der Waals surface area contributed by atoms with Crippen LogP contribution in [0.3, 0.4) is 0 Å². The smallest absolute Gasteiger partial charge is 0.307 e. The van der Waals surface area contributed by atoms with Crippen molar-refractivity contribution >= 4 is 29.3 Å². The van der Waals surface area contributed by atoms with Gasteiger partial charge in [-0.15, -0.1) is 11.8 Å². The van der Waals surface area contributed by atoms with Gasteiger partial charge in [0.05, 0.1) is 11.7 Å². The van der Waals surface area contributed by atoms with Gasteiger partial charge in [0.1, 0.15) is 0 Å². The highest BCUT2D eigenvalue weighted by atomic mass is 32.2. The molecule has 20 heavy (non-hydrogen) atoms. The van der Waals surface area contributed by atoms with Gasteiger partial charge >= 0.3 is 5.97 Å². The Morgan fingerprint density at radius 3 is 2.60 bits per heavy atom. The standard InChI is InChI=1S/C15H21NO3S/c1-4-20-14(10(2)3)15(19)16-12-7-5-6-11(8-12)9-13(17)18/h5-8,10,14H,4,9H2,1-3H3,(H,16,19)(H,17,18). The minimum atomic E-state index is -0.880. The Morgan fingerprint density at radius 2 is 2.05 bits per heavy atom. The second-order valence-electron chi connectivity index (χ2n) is 4.88. The van der Waals surface area contributed by atoms with Crippen LogP contribution in [0.15, 0.2) is 24.3 Å². The maximum Gasteiger partial charge on any atom is 0.307 e. The number of carbonyl (C=O) groups excluding carboxylic acids is 1. The molecule has 5 heteroatoms. The quantitative estimate of drug-likeness (QED) is 0.811. The van der Waals surface area contributed by atoms with Crippen molar-refractivity contribution in [1.82, 2.24) is 0 Å². The molecule has 1 atom stereocenters. The lowest BCUT2D eigenvalue weighted by Crippen LogP contribution is -2.29. The van der Waals surface area contributed by atoms with Gasteiger partial charge in [-0.2, -0.15) is 0 Å². The molecule has 1 rings (SSSR count). The SMILES string of the molecule is CCSC(C(=O)Nc1cccc(CC(=O)O)c1)C(C)C. The van der Waals surface area contributed by atoms with Gasteiger partial charge in [-0.3, -0.25) is 9.59 Å². The second-order valence-corrected chi connectivity index (χ2v) is 6.30. The van der Waals surface area contributed by atoms with E-state index in [1.54, 1.807) is 36.0 Å². The molecule has 0 aromatic heterocycles. The molecule has 1 amide bonds. The first-order valence-electron chi connectivity index (χ1n) is 6.67. The molecule has 110 valence electrons. The third-order valence-corrected chi connectivity index (χ3v) is 4.21. The summed E-state index contributed by atoms with van der Waals surface area (Å²) in [5.41, 5.74) is 1.33. The molecule has 2 N–H and O–H groups in total. The summed E-state index contributed by atoms with van der Waals surface area (Å²) in [5.74, 6) is 0.228. The average Bonchev–Trinajstić information content (AvgIpc) is 2.34. The number of hydrogen-bond acceptors (Lipinski definition) is 3. The summed E-state index contributed by atoms with van der Waals surface area (Å²) in [5, 5.41) is 11.6. The van der Waals surface area contributed by atoms with Gasteiger partial charge in [-0.1, -0.05) is 32.9 Å². The van der Waals surface area contributed by atoms with Gasteiger partial charge in [-0.25, -0.2) is 0 Å². The maximum atomic E-state index is 12.2. The third kappa shape index (κ3) is 5.25. The maximum absolute atomic E-state index is 12.2. The van der Waals surface area contributed by atoms with Crippen LogP contribution in [0.1, 0.15) is 26.3 Å². The van der Waals surface area contributed by atoms with E-state index < -0.39 is 5.97 Å². The largest absolute Gasteiger partial charge is 0.481 e. The van der Waals surface area contributed by atoms with Crippen molar-refractivity contribution in [3.63, 3.8) is 0 Å². The summed E-state index contributed by atoms with van der Waals surface area (Å²) in [4.78, 5) is 22.9. The first-order valence-corrected chi connectivity index (χ1v) is 7.72. The zero-order valence-electron chi connectivity index (χ0n) is 12.1. The summed E-state index contributed by atoms with van der Waals surface area (Å²) in [7, 11) is 0. The number of rotatable bonds is 7. The number of anilines is 1. The van der Waals surface area contributed by atoms with E-state index in [0.29, 0.717) is 11.3 Å². The lowest BCUT2D eigenvalue weighted by atomic mass is 10.1.